The monoisotopic (exact) mass is 264 g/mol. The van der Waals surface area contributed by atoms with Gasteiger partial charge in [0.2, 0.25) is 5.91 Å². The van der Waals surface area contributed by atoms with E-state index >= 15 is 0 Å². The summed E-state index contributed by atoms with van der Waals surface area (Å²) in [5.41, 5.74) is 0.852. The van der Waals surface area contributed by atoms with E-state index in [1.54, 1.807) is 6.07 Å². The highest BCUT2D eigenvalue weighted by Gasteiger charge is 2.32. The van der Waals surface area contributed by atoms with Crippen LogP contribution in [-0.2, 0) is 11.3 Å². The molecule has 0 saturated heterocycles. The molecule has 1 aliphatic rings. The van der Waals surface area contributed by atoms with Gasteiger partial charge in [0.25, 0.3) is 0 Å². The minimum Gasteiger partial charge on any atom is -0.334 e. The van der Waals surface area contributed by atoms with Crippen LogP contribution in [0.2, 0.25) is 0 Å². The smallest absolute Gasteiger partial charge is 0.237 e. The quantitative estimate of drug-likeness (QED) is 0.855. The number of carbonyl (C=O) groups is 1. The standard InChI is InChI=1S/C15H21FN2O/c1-11(2)17-9-15(19)18(14-6-7-14)10-12-4-3-5-13(16)8-12/h3-5,8,11,14,17H,6-7,9-10H2,1-2H3. The average Bonchev–Trinajstić information content (AvgIpc) is 3.17. The van der Waals surface area contributed by atoms with Gasteiger partial charge in [0.05, 0.1) is 6.54 Å². The highest BCUT2D eigenvalue weighted by molar-refractivity contribution is 5.79. The highest BCUT2D eigenvalue weighted by atomic mass is 19.1. The molecule has 1 aliphatic carbocycles. The molecule has 19 heavy (non-hydrogen) atoms. The van der Waals surface area contributed by atoms with E-state index in [1.165, 1.54) is 12.1 Å². The summed E-state index contributed by atoms with van der Waals surface area (Å²) in [7, 11) is 0. The number of hydrogen-bond donors (Lipinski definition) is 1. The molecule has 0 heterocycles. The molecule has 1 amide bonds. The Labute approximate surface area is 113 Å². The van der Waals surface area contributed by atoms with Crippen molar-refractivity contribution in [3.63, 3.8) is 0 Å². The Kier molecular flexibility index (Phi) is 4.53. The summed E-state index contributed by atoms with van der Waals surface area (Å²) < 4.78 is 13.2. The second-order valence-electron chi connectivity index (χ2n) is 5.42. The van der Waals surface area contributed by atoms with E-state index < -0.39 is 0 Å². The van der Waals surface area contributed by atoms with Crippen molar-refractivity contribution in [1.82, 2.24) is 10.2 Å². The fourth-order valence-corrected chi connectivity index (χ4v) is 2.03. The third kappa shape index (κ3) is 4.31. The van der Waals surface area contributed by atoms with Gasteiger partial charge in [-0.3, -0.25) is 4.79 Å². The van der Waals surface area contributed by atoms with E-state index in [0.717, 1.165) is 18.4 Å². The summed E-state index contributed by atoms with van der Waals surface area (Å²) in [6.07, 6.45) is 2.12. The molecular formula is C15H21FN2O. The number of halogens is 1. The van der Waals surface area contributed by atoms with Crippen LogP contribution in [0.4, 0.5) is 4.39 Å². The van der Waals surface area contributed by atoms with Crippen molar-refractivity contribution in [2.75, 3.05) is 6.54 Å². The topological polar surface area (TPSA) is 32.3 Å². The van der Waals surface area contributed by atoms with Gasteiger partial charge in [-0.25, -0.2) is 4.39 Å². The molecule has 104 valence electrons. The van der Waals surface area contributed by atoms with Crippen LogP contribution in [-0.4, -0.2) is 29.4 Å². The Morgan fingerprint density at radius 1 is 1.47 bits per heavy atom. The van der Waals surface area contributed by atoms with Crippen molar-refractivity contribution in [2.24, 2.45) is 0 Å². The fourth-order valence-electron chi connectivity index (χ4n) is 2.03. The summed E-state index contributed by atoms with van der Waals surface area (Å²) in [4.78, 5) is 14.1. The van der Waals surface area contributed by atoms with Crippen LogP contribution in [0.5, 0.6) is 0 Å². The maximum absolute atomic E-state index is 13.2. The zero-order valence-electron chi connectivity index (χ0n) is 11.5. The minimum absolute atomic E-state index is 0.0976. The van der Waals surface area contributed by atoms with Crippen molar-refractivity contribution in [1.29, 1.82) is 0 Å². The van der Waals surface area contributed by atoms with Gasteiger partial charge in [-0.2, -0.15) is 0 Å². The van der Waals surface area contributed by atoms with Crippen LogP contribution in [0, 0.1) is 5.82 Å². The van der Waals surface area contributed by atoms with Crippen molar-refractivity contribution in [3.05, 3.63) is 35.6 Å². The van der Waals surface area contributed by atoms with E-state index in [-0.39, 0.29) is 11.7 Å². The molecule has 0 unspecified atom stereocenters. The number of benzene rings is 1. The zero-order chi connectivity index (χ0) is 13.8. The first-order chi connectivity index (χ1) is 9.06. The zero-order valence-corrected chi connectivity index (χ0v) is 11.5. The van der Waals surface area contributed by atoms with Crippen LogP contribution in [0.15, 0.2) is 24.3 Å². The molecule has 0 aromatic heterocycles. The second kappa shape index (κ2) is 6.15. The van der Waals surface area contributed by atoms with Crippen LogP contribution in [0.3, 0.4) is 0 Å². The molecular weight excluding hydrogens is 243 g/mol. The van der Waals surface area contributed by atoms with E-state index in [0.29, 0.717) is 25.2 Å². The number of carbonyl (C=O) groups excluding carboxylic acids is 1. The molecule has 0 atom stereocenters. The summed E-state index contributed by atoms with van der Waals surface area (Å²) in [5.74, 6) is -0.151. The minimum atomic E-state index is -0.249. The molecule has 3 nitrogen and oxygen atoms in total. The number of nitrogens with zero attached hydrogens (tertiary/aromatic N) is 1. The summed E-state index contributed by atoms with van der Waals surface area (Å²) in [5, 5.41) is 3.14. The molecule has 4 heteroatoms. The SMILES string of the molecule is CC(C)NCC(=O)N(Cc1cccc(F)c1)C1CC1. The number of amides is 1. The van der Waals surface area contributed by atoms with Gasteiger partial charge in [0.1, 0.15) is 5.82 Å². The van der Waals surface area contributed by atoms with Gasteiger partial charge in [-0.15, -0.1) is 0 Å². The Morgan fingerprint density at radius 2 is 2.21 bits per heavy atom. The van der Waals surface area contributed by atoms with Crippen LogP contribution >= 0.6 is 0 Å². The Hall–Kier alpha value is -1.42. The lowest BCUT2D eigenvalue weighted by molar-refractivity contribution is -0.131. The number of nitrogens with one attached hydrogen (secondary N) is 1. The van der Waals surface area contributed by atoms with Gasteiger partial charge in [-0.05, 0) is 30.5 Å². The molecule has 1 aromatic carbocycles. The van der Waals surface area contributed by atoms with E-state index in [2.05, 4.69) is 5.32 Å². The van der Waals surface area contributed by atoms with Crippen LogP contribution in [0.1, 0.15) is 32.3 Å². The maximum atomic E-state index is 13.2. The van der Waals surface area contributed by atoms with Crippen LogP contribution in [0.25, 0.3) is 0 Å². The van der Waals surface area contributed by atoms with Crippen molar-refractivity contribution in [2.45, 2.75) is 45.3 Å². The van der Waals surface area contributed by atoms with Crippen molar-refractivity contribution in [3.8, 4) is 0 Å². The van der Waals surface area contributed by atoms with E-state index in [1.807, 2.05) is 24.8 Å². The third-order valence-corrected chi connectivity index (χ3v) is 3.21. The molecule has 0 bridgehead atoms. The second-order valence-corrected chi connectivity index (χ2v) is 5.42. The lowest BCUT2D eigenvalue weighted by Gasteiger charge is -2.23. The summed E-state index contributed by atoms with van der Waals surface area (Å²) in [6.45, 7) is 4.88. The number of hydrogen-bond acceptors (Lipinski definition) is 2. The third-order valence-electron chi connectivity index (χ3n) is 3.21. The van der Waals surface area contributed by atoms with Gasteiger partial charge in [-0.1, -0.05) is 26.0 Å². The van der Waals surface area contributed by atoms with E-state index in [4.69, 9.17) is 0 Å². The molecule has 1 fully saturated rings. The van der Waals surface area contributed by atoms with Gasteiger partial charge in [0.15, 0.2) is 0 Å². The molecule has 0 spiro atoms. The van der Waals surface area contributed by atoms with Crippen molar-refractivity contribution >= 4 is 5.91 Å². The lowest BCUT2D eigenvalue weighted by Crippen LogP contribution is -2.41. The predicted octanol–water partition coefficient (Wildman–Crippen LogP) is 2.31. The Balaban J connectivity index is 1.98. The van der Waals surface area contributed by atoms with Gasteiger partial charge in [0, 0.05) is 18.6 Å². The van der Waals surface area contributed by atoms with E-state index in [9.17, 15) is 9.18 Å². The number of rotatable bonds is 6. The normalized spacial score (nSPS) is 14.7. The first-order valence-electron chi connectivity index (χ1n) is 6.83. The molecule has 1 aromatic rings. The molecule has 1 saturated carbocycles. The Bertz CT molecular complexity index is 444. The Morgan fingerprint density at radius 3 is 2.79 bits per heavy atom. The summed E-state index contributed by atoms with van der Waals surface area (Å²) >= 11 is 0. The van der Waals surface area contributed by atoms with Crippen molar-refractivity contribution < 1.29 is 9.18 Å². The maximum Gasteiger partial charge on any atom is 0.237 e. The lowest BCUT2D eigenvalue weighted by atomic mass is 10.2. The highest BCUT2D eigenvalue weighted by Crippen LogP contribution is 2.28. The average molecular weight is 264 g/mol. The largest absolute Gasteiger partial charge is 0.334 e. The molecule has 0 aliphatic heterocycles. The first kappa shape index (κ1) is 14.0. The van der Waals surface area contributed by atoms with Gasteiger partial charge < -0.3 is 10.2 Å². The molecule has 1 N–H and O–H groups in total. The van der Waals surface area contributed by atoms with Crippen LogP contribution < -0.4 is 5.32 Å². The molecule has 2 rings (SSSR count). The molecule has 0 radical (unpaired) electrons. The van der Waals surface area contributed by atoms with Gasteiger partial charge >= 0.3 is 0 Å². The fraction of sp³-hybridized carbons (Fsp3) is 0.533. The first-order valence-corrected chi connectivity index (χ1v) is 6.83. The predicted molar refractivity (Wildman–Crippen MR) is 73.1 cm³/mol. The summed E-state index contributed by atoms with van der Waals surface area (Å²) in [6, 6.07) is 7.10.